The molecule has 0 saturated heterocycles. The van der Waals surface area contributed by atoms with Gasteiger partial charge in [0.15, 0.2) is 0 Å². The lowest BCUT2D eigenvalue weighted by molar-refractivity contribution is -0.154. The van der Waals surface area contributed by atoms with Crippen LogP contribution in [0, 0.1) is 0 Å². The Morgan fingerprint density at radius 2 is 2.28 bits per heavy atom. The van der Waals surface area contributed by atoms with Gasteiger partial charge in [-0.2, -0.15) is 0 Å². The largest absolute Gasteiger partial charge is 0.463 e. The van der Waals surface area contributed by atoms with E-state index < -0.39 is 12.1 Å². The fraction of sp³-hybridized carbons (Fsp3) is 0.333. The molecule has 1 aromatic carbocycles. The molecule has 0 bridgehead atoms. The second-order valence-electron chi connectivity index (χ2n) is 3.72. The van der Waals surface area contributed by atoms with Crippen molar-refractivity contribution in [1.82, 2.24) is 0 Å². The van der Waals surface area contributed by atoms with E-state index in [4.69, 9.17) is 32.8 Å². The van der Waals surface area contributed by atoms with Crippen molar-refractivity contribution in [3.05, 3.63) is 33.8 Å². The van der Waals surface area contributed by atoms with E-state index in [2.05, 4.69) is 5.16 Å². The minimum Gasteiger partial charge on any atom is -0.463 e. The number of hydrogen-bond donors (Lipinski definition) is 0. The van der Waals surface area contributed by atoms with E-state index in [9.17, 15) is 4.79 Å². The zero-order valence-corrected chi connectivity index (χ0v) is 11.2. The molecule has 1 aromatic rings. The van der Waals surface area contributed by atoms with Gasteiger partial charge in [-0.25, -0.2) is 4.79 Å². The maximum absolute atomic E-state index is 11.5. The highest BCUT2D eigenvalue weighted by Gasteiger charge is 2.30. The minimum absolute atomic E-state index is 0.320. The second-order valence-corrected chi connectivity index (χ2v) is 4.53. The van der Waals surface area contributed by atoms with E-state index >= 15 is 0 Å². The predicted octanol–water partition coefficient (Wildman–Crippen LogP) is 3.05. The maximum atomic E-state index is 11.5. The summed E-state index contributed by atoms with van der Waals surface area (Å²) >= 11 is 11.8. The van der Waals surface area contributed by atoms with Crippen molar-refractivity contribution in [2.45, 2.75) is 19.4 Å². The highest BCUT2D eigenvalue weighted by Crippen LogP contribution is 2.25. The van der Waals surface area contributed by atoms with Gasteiger partial charge in [-0.15, -0.1) is 0 Å². The Labute approximate surface area is 114 Å². The molecule has 18 heavy (non-hydrogen) atoms. The van der Waals surface area contributed by atoms with Gasteiger partial charge >= 0.3 is 5.97 Å². The molecule has 0 N–H and O–H groups in total. The molecule has 2 rings (SSSR count). The third-order valence-corrected chi connectivity index (χ3v) is 3.21. The van der Waals surface area contributed by atoms with E-state index in [1.807, 2.05) is 0 Å². The Balaban J connectivity index is 2.08. The molecule has 0 aliphatic carbocycles. The van der Waals surface area contributed by atoms with Gasteiger partial charge in [-0.05, 0) is 19.1 Å². The number of ether oxygens (including phenoxy) is 1. The van der Waals surface area contributed by atoms with Gasteiger partial charge in [0.1, 0.15) is 0 Å². The van der Waals surface area contributed by atoms with Crippen LogP contribution in [0.25, 0.3) is 0 Å². The number of nitrogens with zero attached hydrogens (tertiary/aromatic N) is 1. The summed E-state index contributed by atoms with van der Waals surface area (Å²) < 4.78 is 4.87. The van der Waals surface area contributed by atoms with Crippen molar-refractivity contribution in [2.75, 3.05) is 6.61 Å². The number of esters is 1. The summed E-state index contributed by atoms with van der Waals surface area (Å²) in [5.41, 5.74) is 1.45. The first-order valence-corrected chi connectivity index (χ1v) is 6.22. The van der Waals surface area contributed by atoms with Crippen molar-refractivity contribution in [1.29, 1.82) is 0 Å². The van der Waals surface area contributed by atoms with Gasteiger partial charge in [0.2, 0.25) is 6.10 Å². The van der Waals surface area contributed by atoms with E-state index in [0.29, 0.717) is 28.8 Å². The van der Waals surface area contributed by atoms with Crippen LogP contribution in [0.15, 0.2) is 23.4 Å². The van der Waals surface area contributed by atoms with Crippen LogP contribution in [0.5, 0.6) is 0 Å². The summed E-state index contributed by atoms with van der Waals surface area (Å²) in [6, 6.07) is 5.16. The topological polar surface area (TPSA) is 47.9 Å². The Bertz CT molecular complexity index is 502. The summed E-state index contributed by atoms with van der Waals surface area (Å²) in [7, 11) is 0. The number of carbonyl (C=O) groups excluding carboxylic acids is 1. The van der Waals surface area contributed by atoms with Crippen LogP contribution in [0.1, 0.15) is 18.9 Å². The molecule has 4 nitrogen and oxygen atoms in total. The molecule has 0 amide bonds. The fourth-order valence-corrected chi connectivity index (χ4v) is 1.88. The lowest BCUT2D eigenvalue weighted by Crippen LogP contribution is -2.23. The molecule has 1 unspecified atom stereocenters. The lowest BCUT2D eigenvalue weighted by atomic mass is 10.1. The summed E-state index contributed by atoms with van der Waals surface area (Å²) in [6.45, 7) is 2.06. The second kappa shape index (κ2) is 5.59. The lowest BCUT2D eigenvalue weighted by Gasteiger charge is -2.06. The van der Waals surface area contributed by atoms with Gasteiger partial charge in [0.05, 0.1) is 22.4 Å². The molecule has 1 aliphatic heterocycles. The number of benzene rings is 1. The van der Waals surface area contributed by atoms with Crippen LogP contribution in [0.3, 0.4) is 0 Å². The predicted molar refractivity (Wildman–Crippen MR) is 69.1 cm³/mol. The summed E-state index contributed by atoms with van der Waals surface area (Å²) in [5, 5.41) is 4.79. The SMILES string of the molecule is CCOC(=O)C1CC(c2ccc(Cl)c(Cl)c2)=NO1. The third-order valence-electron chi connectivity index (χ3n) is 2.47. The van der Waals surface area contributed by atoms with Crippen LogP contribution in [0.4, 0.5) is 0 Å². The van der Waals surface area contributed by atoms with Crippen molar-refractivity contribution >= 4 is 34.9 Å². The number of carbonyl (C=O) groups is 1. The van der Waals surface area contributed by atoms with E-state index in [0.717, 1.165) is 5.56 Å². The van der Waals surface area contributed by atoms with Crippen LogP contribution in [-0.2, 0) is 14.4 Å². The van der Waals surface area contributed by atoms with Crippen LogP contribution < -0.4 is 0 Å². The Morgan fingerprint density at radius 3 is 2.94 bits per heavy atom. The van der Waals surface area contributed by atoms with E-state index in [1.54, 1.807) is 25.1 Å². The molecule has 0 fully saturated rings. The normalized spacial score (nSPS) is 18.2. The highest BCUT2D eigenvalue weighted by molar-refractivity contribution is 6.42. The minimum atomic E-state index is -0.672. The molecule has 1 aliphatic rings. The standard InChI is InChI=1S/C12H11Cl2NO3/c1-2-17-12(16)11-6-10(15-18-11)7-3-4-8(13)9(14)5-7/h3-5,11H,2,6H2,1H3. The molecule has 1 heterocycles. The van der Waals surface area contributed by atoms with Crippen molar-refractivity contribution in [3.63, 3.8) is 0 Å². The zero-order valence-electron chi connectivity index (χ0n) is 9.65. The van der Waals surface area contributed by atoms with Crippen molar-refractivity contribution < 1.29 is 14.4 Å². The van der Waals surface area contributed by atoms with Gasteiger partial charge in [0.25, 0.3) is 0 Å². The van der Waals surface area contributed by atoms with Crippen LogP contribution in [0.2, 0.25) is 10.0 Å². The molecule has 96 valence electrons. The molecule has 1 atom stereocenters. The monoisotopic (exact) mass is 287 g/mol. The van der Waals surface area contributed by atoms with E-state index in [1.165, 1.54) is 0 Å². The number of halogens is 2. The van der Waals surface area contributed by atoms with Crippen LogP contribution >= 0.6 is 23.2 Å². The zero-order chi connectivity index (χ0) is 13.1. The first kappa shape index (κ1) is 13.2. The van der Waals surface area contributed by atoms with Gasteiger partial charge in [0, 0.05) is 12.0 Å². The van der Waals surface area contributed by atoms with Crippen molar-refractivity contribution in [2.24, 2.45) is 5.16 Å². The Kier molecular flexibility index (Phi) is 4.09. The number of hydrogen-bond acceptors (Lipinski definition) is 4. The van der Waals surface area contributed by atoms with Gasteiger partial charge in [-0.1, -0.05) is 34.4 Å². The third kappa shape index (κ3) is 2.76. The number of oxime groups is 1. The van der Waals surface area contributed by atoms with Gasteiger partial charge < -0.3 is 9.57 Å². The summed E-state index contributed by atoms with van der Waals surface area (Å²) in [5.74, 6) is -0.406. The average Bonchev–Trinajstić information content (AvgIpc) is 2.82. The van der Waals surface area contributed by atoms with Crippen molar-refractivity contribution in [3.8, 4) is 0 Å². The number of rotatable bonds is 3. The molecule has 0 saturated carbocycles. The fourth-order valence-electron chi connectivity index (χ4n) is 1.59. The Morgan fingerprint density at radius 1 is 1.50 bits per heavy atom. The van der Waals surface area contributed by atoms with Crippen LogP contribution in [-0.4, -0.2) is 24.4 Å². The Hall–Kier alpha value is -1.26. The highest BCUT2D eigenvalue weighted by atomic mass is 35.5. The summed E-state index contributed by atoms with van der Waals surface area (Å²) in [6.07, 6.45) is -0.300. The molecule has 0 spiro atoms. The quantitative estimate of drug-likeness (QED) is 0.803. The summed E-state index contributed by atoms with van der Waals surface area (Å²) in [4.78, 5) is 16.5. The molecular formula is C12H11Cl2NO3. The smallest absolute Gasteiger partial charge is 0.350 e. The molecule has 0 aromatic heterocycles. The molecular weight excluding hydrogens is 277 g/mol. The first-order chi connectivity index (χ1) is 8.61. The molecule has 0 radical (unpaired) electrons. The average molecular weight is 288 g/mol. The first-order valence-electron chi connectivity index (χ1n) is 5.46. The molecule has 6 heteroatoms. The van der Waals surface area contributed by atoms with E-state index in [-0.39, 0.29) is 0 Å². The van der Waals surface area contributed by atoms with Gasteiger partial charge in [-0.3, -0.25) is 0 Å². The maximum Gasteiger partial charge on any atom is 0.350 e.